The molecule has 0 saturated carbocycles. The predicted octanol–water partition coefficient (Wildman–Crippen LogP) is 15.4. The van der Waals surface area contributed by atoms with Crippen LogP contribution in [0.5, 0.6) is 0 Å². The summed E-state index contributed by atoms with van der Waals surface area (Å²) in [4.78, 5) is 30.0. The predicted molar refractivity (Wildman–Crippen MR) is 274 cm³/mol. The molecule has 0 aliphatic carbocycles. The van der Waals surface area contributed by atoms with Crippen LogP contribution in [0.15, 0.2) is 218 Å². The van der Waals surface area contributed by atoms with Crippen molar-refractivity contribution in [2.45, 2.75) is 27.7 Å². The molecule has 318 valence electrons. The number of allylic oxidation sites excluding steroid dienone is 8. The van der Waals surface area contributed by atoms with E-state index in [0.29, 0.717) is 34.9 Å². The molecule has 0 amide bonds. The lowest BCUT2D eigenvalue weighted by Crippen LogP contribution is -2.04. The summed E-state index contributed by atoms with van der Waals surface area (Å²) < 4.78 is 0. The Morgan fingerprint density at radius 3 is 1.11 bits per heavy atom. The van der Waals surface area contributed by atoms with Crippen molar-refractivity contribution in [1.29, 1.82) is 0 Å². The molecule has 9 aromatic rings. The minimum atomic E-state index is 0.613. The maximum absolute atomic E-state index is 5.10. The van der Waals surface area contributed by atoms with E-state index in [2.05, 4.69) is 146 Å². The number of hydrogen-bond acceptors (Lipinski definition) is 6. The Morgan fingerprint density at radius 1 is 0.333 bits per heavy atom. The first-order chi connectivity index (χ1) is 32.5. The summed E-state index contributed by atoms with van der Waals surface area (Å²) >= 11 is 0. The van der Waals surface area contributed by atoms with Gasteiger partial charge >= 0.3 is 0 Å². The highest BCUT2D eigenvalue weighted by molar-refractivity contribution is 5.81. The largest absolute Gasteiger partial charge is 0.209 e. The van der Waals surface area contributed by atoms with Gasteiger partial charge in [0, 0.05) is 27.8 Å². The van der Waals surface area contributed by atoms with Crippen LogP contribution >= 0.6 is 0 Å². The Hall–Kier alpha value is -8.48. The van der Waals surface area contributed by atoms with Crippen molar-refractivity contribution in [2.75, 3.05) is 0 Å². The van der Waals surface area contributed by atoms with Crippen LogP contribution < -0.4 is 0 Å². The topological polar surface area (TPSA) is 77.3 Å². The van der Waals surface area contributed by atoms with Gasteiger partial charge in [-0.2, -0.15) is 0 Å². The lowest BCUT2D eigenvalue weighted by molar-refractivity contribution is 0.998. The van der Waals surface area contributed by atoms with E-state index in [0.717, 1.165) is 77.9 Å². The van der Waals surface area contributed by atoms with E-state index in [-0.39, 0.29) is 0 Å². The smallest absolute Gasteiger partial charge is 0.164 e. The third-order valence-electron chi connectivity index (χ3n) is 11.3. The molecule has 0 saturated heterocycles. The molecule has 0 aliphatic heterocycles. The van der Waals surface area contributed by atoms with Gasteiger partial charge in [-0.1, -0.05) is 188 Å². The van der Waals surface area contributed by atoms with Crippen molar-refractivity contribution in [3.05, 3.63) is 230 Å². The summed E-state index contributed by atoms with van der Waals surface area (Å²) in [5.41, 5.74) is 14.4. The van der Waals surface area contributed by atoms with E-state index in [9.17, 15) is 0 Å². The molecule has 0 bridgehead atoms. The van der Waals surface area contributed by atoms with E-state index >= 15 is 0 Å². The number of rotatable bonds is 12. The fraction of sp³-hybridized carbons (Fsp3) is 0.0667. The number of aromatic nitrogens is 6. The zero-order chi connectivity index (χ0) is 45.2. The van der Waals surface area contributed by atoms with Crippen LogP contribution in [0.3, 0.4) is 0 Å². The molecule has 6 heteroatoms. The van der Waals surface area contributed by atoms with Crippen LogP contribution in [0.1, 0.15) is 39.3 Å². The van der Waals surface area contributed by atoms with Crippen LogP contribution in [-0.2, 0) is 0 Å². The Morgan fingerprint density at radius 2 is 0.682 bits per heavy atom. The molecule has 2 aromatic heterocycles. The average Bonchev–Trinajstić information content (AvgIpc) is 3.40. The van der Waals surface area contributed by atoms with Crippen molar-refractivity contribution >= 4 is 11.1 Å². The fourth-order valence-corrected chi connectivity index (χ4v) is 7.86. The fourth-order valence-electron chi connectivity index (χ4n) is 7.86. The summed E-state index contributed by atoms with van der Waals surface area (Å²) in [6.45, 7) is 8.03. The van der Waals surface area contributed by atoms with Gasteiger partial charge < -0.3 is 0 Å². The molecule has 0 N–H and O–H groups in total. The van der Waals surface area contributed by atoms with Gasteiger partial charge in [-0.3, -0.25) is 0 Å². The second kappa shape index (κ2) is 19.9. The molecule has 6 nitrogen and oxygen atoms in total. The Bertz CT molecular complexity index is 3290. The molecule has 7 aromatic carbocycles. The quantitative estimate of drug-likeness (QED) is 0.114. The van der Waals surface area contributed by atoms with Gasteiger partial charge in [0.05, 0.1) is 0 Å². The number of benzene rings is 7. The Kier molecular flexibility index (Phi) is 12.9. The highest BCUT2D eigenvalue weighted by Crippen LogP contribution is 2.34. The SMILES string of the molecule is C/C=C\C=C(/C)c1nc(C(/C=C\C)=C/C)nc(-c2cccc(-c3cccc(-c4cccc(-c5cccc(-c6nc(-c7ccccc7)nc(-c7cccc(-c8ccccc8)c7)n6)c5)c4)c3)c2)n1. The first kappa shape index (κ1) is 42.8. The molecule has 66 heavy (non-hydrogen) atoms. The minimum absolute atomic E-state index is 0.613. The number of hydrogen-bond donors (Lipinski definition) is 0. The van der Waals surface area contributed by atoms with Gasteiger partial charge in [-0.05, 0) is 108 Å². The summed E-state index contributed by atoms with van der Waals surface area (Å²) in [5, 5.41) is 0. The monoisotopic (exact) mass is 852 g/mol. The van der Waals surface area contributed by atoms with Crippen molar-refractivity contribution in [2.24, 2.45) is 0 Å². The zero-order valence-corrected chi connectivity index (χ0v) is 37.5. The minimum Gasteiger partial charge on any atom is -0.209 e. The molecule has 0 aliphatic rings. The van der Waals surface area contributed by atoms with Crippen LogP contribution in [0.25, 0.3) is 101 Å². The lowest BCUT2D eigenvalue weighted by Gasteiger charge is -2.12. The third kappa shape index (κ3) is 9.69. The highest BCUT2D eigenvalue weighted by Gasteiger charge is 2.16. The zero-order valence-electron chi connectivity index (χ0n) is 37.5. The summed E-state index contributed by atoms with van der Waals surface area (Å²) in [5.74, 6) is 3.78. The number of nitrogens with zero attached hydrogens (tertiary/aromatic N) is 6. The molecule has 0 atom stereocenters. The Balaban J connectivity index is 1.04. The summed E-state index contributed by atoms with van der Waals surface area (Å²) in [6, 6.07) is 63.1. The van der Waals surface area contributed by atoms with Crippen molar-refractivity contribution < 1.29 is 0 Å². The lowest BCUT2D eigenvalue weighted by atomic mass is 9.95. The van der Waals surface area contributed by atoms with Gasteiger partial charge in [0.25, 0.3) is 0 Å². The van der Waals surface area contributed by atoms with E-state index in [4.69, 9.17) is 29.9 Å². The molecule has 0 spiro atoms. The van der Waals surface area contributed by atoms with Gasteiger partial charge in [-0.15, -0.1) is 0 Å². The molecule has 9 rings (SSSR count). The summed E-state index contributed by atoms with van der Waals surface area (Å²) in [7, 11) is 0. The standard InChI is InChI=1S/C60H48N6/c1-5-8-21-41(4)55-61-56(42(7-3)20-6-2)63-58(62-55)53-34-18-31-50(39-53)48-29-15-27-46(36-48)47-28-16-30-49(37-47)51-32-19-35-54(40-51)60-65-57(44-24-13-10-14-25-44)64-59(66-60)52-33-17-26-45(38-52)43-22-11-9-12-23-43/h5-40H,1-4H3/b8-5-,20-6-,41-21+,42-7+. The normalized spacial score (nSPS) is 12.0. The molecular weight excluding hydrogens is 805 g/mol. The second-order valence-electron chi connectivity index (χ2n) is 15.9. The second-order valence-corrected chi connectivity index (χ2v) is 15.9. The first-order valence-electron chi connectivity index (χ1n) is 22.2. The van der Waals surface area contributed by atoms with Crippen molar-refractivity contribution in [1.82, 2.24) is 29.9 Å². The first-order valence-corrected chi connectivity index (χ1v) is 22.2. The molecule has 0 radical (unpaired) electrons. The van der Waals surface area contributed by atoms with Crippen LogP contribution in [0.4, 0.5) is 0 Å². The maximum atomic E-state index is 5.10. The highest BCUT2D eigenvalue weighted by atomic mass is 15.0. The molecule has 0 unspecified atom stereocenters. The van der Waals surface area contributed by atoms with E-state index < -0.39 is 0 Å². The molecule has 2 heterocycles. The van der Waals surface area contributed by atoms with Gasteiger partial charge in [0.15, 0.2) is 34.9 Å². The van der Waals surface area contributed by atoms with Crippen LogP contribution in [0.2, 0.25) is 0 Å². The summed E-state index contributed by atoms with van der Waals surface area (Å²) in [6.07, 6.45) is 12.1. The Labute approximate surface area is 387 Å². The van der Waals surface area contributed by atoms with Crippen LogP contribution in [-0.4, -0.2) is 29.9 Å². The van der Waals surface area contributed by atoms with Crippen molar-refractivity contribution in [3.63, 3.8) is 0 Å². The van der Waals surface area contributed by atoms with Gasteiger partial charge in [-0.25, -0.2) is 29.9 Å². The van der Waals surface area contributed by atoms with Crippen molar-refractivity contribution in [3.8, 4) is 90.1 Å². The van der Waals surface area contributed by atoms with E-state index in [1.165, 1.54) is 0 Å². The maximum Gasteiger partial charge on any atom is 0.164 e. The van der Waals surface area contributed by atoms with E-state index in [1.807, 2.05) is 101 Å². The molecular formula is C60H48N6. The molecule has 0 fully saturated rings. The van der Waals surface area contributed by atoms with Gasteiger partial charge in [0.2, 0.25) is 0 Å². The van der Waals surface area contributed by atoms with Gasteiger partial charge in [0.1, 0.15) is 0 Å². The van der Waals surface area contributed by atoms with E-state index in [1.54, 1.807) is 0 Å². The van der Waals surface area contributed by atoms with Crippen LogP contribution in [0, 0.1) is 0 Å². The average molecular weight is 853 g/mol. The third-order valence-corrected chi connectivity index (χ3v) is 11.3.